The van der Waals surface area contributed by atoms with E-state index in [-0.39, 0.29) is 17.5 Å². The molecule has 0 bridgehead atoms. The van der Waals surface area contributed by atoms with Gasteiger partial charge in [-0.1, -0.05) is 35.9 Å². The third-order valence-corrected chi connectivity index (χ3v) is 8.28. The van der Waals surface area contributed by atoms with Crippen LogP contribution >= 0.6 is 11.6 Å². The van der Waals surface area contributed by atoms with Crippen LogP contribution in [0.3, 0.4) is 0 Å². The van der Waals surface area contributed by atoms with Crippen LogP contribution < -0.4 is 10.6 Å². The smallest absolute Gasteiger partial charge is 0.349 e. The Hall–Kier alpha value is -3.01. The van der Waals surface area contributed by atoms with E-state index in [1.807, 2.05) is 0 Å². The largest absolute Gasteiger partial charge is 0.352 e. The van der Waals surface area contributed by atoms with Crippen molar-refractivity contribution in [1.29, 1.82) is 0 Å². The fraction of sp³-hybridized carbons (Fsp3) is 0.273. The average Bonchev–Trinajstić information content (AvgIpc) is 3.18. The molecule has 0 aliphatic carbocycles. The van der Waals surface area contributed by atoms with Gasteiger partial charge in [-0.05, 0) is 40.4 Å². The first-order chi connectivity index (χ1) is 17.1. The summed E-state index contributed by atoms with van der Waals surface area (Å²) in [6.45, 7) is 0.0993. The van der Waals surface area contributed by atoms with E-state index in [4.69, 9.17) is 11.6 Å². The van der Waals surface area contributed by atoms with Gasteiger partial charge >= 0.3 is 5.92 Å². The van der Waals surface area contributed by atoms with Crippen molar-refractivity contribution in [2.45, 2.75) is 34.9 Å². The van der Waals surface area contributed by atoms with E-state index in [2.05, 4.69) is 10.6 Å². The Morgan fingerprint density at radius 1 is 1.11 bits per heavy atom. The minimum absolute atomic E-state index is 0.0993. The summed E-state index contributed by atoms with van der Waals surface area (Å²) in [6.07, 6.45) is 0. The lowest BCUT2D eigenvalue weighted by atomic mass is 9.35. The van der Waals surface area contributed by atoms with Crippen LogP contribution in [0.25, 0.3) is 0 Å². The molecule has 1 fully saturated rings. The average molecular weight is 521 g/mol. The highest BCUT2D eigenvalue weighted by Crippen LogP contribution is 2.47. The molecule has 4 amide bonds. The summed E-state index contributed by atoms with van der Waals surface area (Å²) in [5, 5.41) is 4.13. The van der Waals surface area contributed by atoms with E-state index < -0.39 is 51.6 Å². The summed E-state index contributed by atoms with van der Waals surface area (Å²) < 4.78 is 29.4. The highest BCUT2D eigenvalue weighted by atomic mass is 35.5. The molecule has 186 valence electrons. The number of fused-ring (bicyclic) bond motifs is 1. The Balaban J connectivity index is 1.56. The minimum Gasteiger partial charge on any atom is -0.352 e. The molecular weight excluding hydrogens is 498 g/mol. The molecule has 2 unspecified atom stereocenters. The van der Waals surface area contributed by atoms with Crippen molar-refractivity contribution >= 4 is 74.5 Å². The summed E-state index contributed by atoms with van der Waals surface area (Å²) in [5.74, 6) is -7.80. The molecule has 0 spiro atoms. The maximum atomic E-state index is 14.7. The zero-order chi connectivity index (χ0) is 27.5. The number of hydrogen-bond donors (Lipinski definition) is 2. The van der Waals surface area contributed by atoms with Gasteiger partial charge in [0, 0.05) is 28.6 Å². The molecule has 3 atom stereocenters. The van der Waals surface area contributed by atoms with E-state index in [1.54, 1.807) is 57.4 Å². The number of hydrogen-bond acceptors (Lipinski definition) is 4. The molecule has 4 rings (SSSR count). The molecular formula is C22H23B5ClF2N3O4. The first kappa shape index (κ1) is 27.0. The minimum atomic E-state index is -3.77. The van der Waals surface area contributed by atoms with Crippen LogP contribution in [-0.4, -0.2) is 73.2 Å². The van der Waals surface area contributed by atoms with E-state index in [9.17, 15) is 28.0 Å². The SMILES string of the molecule is BC(NC(=O)C(F)(F)c1ccc(Cl)cc1)c1ccc2c(c1)CN([C@@]1(B)C(=O)NC(=O)C(B)(B)C1B)C2=O. The van der Waals surface area contributed by atoms with Crippen molar-refractivity contribution in [3.05, 3.63) is 69.7 Å². The molecule has 0 saturated carbocycles. The molecule has 1 saturated heterocycles. The van der Waals surface area contributed by atoms with Crippen molar-refractivity contribution in [2.75, 3.05) is 0 Å². The van der Waals surface area contributed by atoms with Crippen LogP contribution in [-0.2, 0) is 26.9 Å². The van der Waals surface area contributed by atoms with Gasteiger partial charge in [-0.15, -0.1) is 0 Å². The molecule has 0 aromatic heterocycles. The number of rotatable bonds is 5. The Labute approximate surface area is 222 Å². The monoisotopic (exact) mass is 521 g/mol. The lowest BCUT2D eigenvalue weighted by molar-refractivity contribution is -0.147. The zero-order valence-electron chi connectivity index (χ0n) is 21.1. The van der Waals surface area contributed by atoms with Crippen LogP contribution in [0.5, 0.6) is 0 Å². The highest BCUT2D eigenvalue weighted by molar-refractivity contribution is 6.58. The van der Waals surface area contributed by atoms with Gasteiger partial charge in [0.25, 0.3) is 11.8 Å². The fourth-order valence-corrected chi connectivity index (χ4v) is 5.12. The van der Waals surface area contributed by atoms with Crippen molar-refractivity contribution in [1.82, 2.24) is 15.5 Å². The zero-order valence-corrected chi connectivity index (χ0v) is 21.9. The molecule has 15 heteroatoms. The number of carbonyl (C=O) groups excluding carboxylic acids is 4. The van der Waals surface area contributed by atoms with Gasteiger partial charge in [0.2, 0.25) is 11.8 Å². The highest BCUT2D eigenvalue weighted by Gasteiger charge is 2.58. The summed E-state index contributed by atoms with van der Waals surface area (Å²) >= 11 is 5.76. The van der Waals surface area contributed by atoms with Crippen LogP contribution in [0.15, 0.2) is 42.5 Å². The first-order valence-electron chi connectivity index (χ1n) is 11.9. The standard InChI is InChI=1S/C22H23B5ClF2N3O4/c23-14(31-19(37)22(29,30)11-2-4-12(28)5-3-11)9-1-6-13-10(7-9)8-33(15(13)34)21(27)16(24)20(25,26)17(35)32-18(21)36/h1-7,14,16H,8,23-27H2,(H,31,37)(H,32,35,36)/t14?,16?,21-/m1/s1. The van der Waals surface area contributed by atoms with Gasteiger partial charge in [-0.25, -0.2) is 0 Å². The molecule has 2 heterocycles. The van der Waals surface area contributed by atoms with Crippen LogP contribution in [0.1, 0.15) is 33.0 Å². The molecule has 0 radical (unpaired) electrons. The number of nitrogens with one attached hydrogen (secondary N) is 2. The first-order valence-corrected chi connectivity index (χ1v) is 12.2. The second-order valence-electron chi connectivity index (χ2n) is 10.5. The number of benzene rings is 2. The molecule has 2 aromatic carbocycles. The lowest BCUT2D eigenvalue weighted by Gasteiger charge is -2.51. The number of carbonyl (C=O) groups is 4. The number of nitrogens with zero attached hydrogens (tertiary/aromatic N) is 1. The predicted molar refractivity (Wildman–Crippen MR) is 148 cm³/mol. The molecule has 37 heavy (non-hydrogen) atoms. The Morgan fingerprint density at radius 2 is 1.73 bits per heavy atom. The van der Waals surface area contributed by atoms with Crippen LogP contribution in [0.2, 0.25) is 16.1 Å². The second kappa shape index (κ2) is 9.08. The maximum absolute atomic E-state index is 14.7. The van der Waals surface area contributed by atoms with Gasteiger partial charge in [-0.2, -0.15) is 8.78 Å². The van der Waals surface area contributed by atoms with Crippen molar-refractivity contribution in [2.24, 2.45) is 0 Å². The summed E-state index contributed by atoms with van der Waals surface area (Å²) in [6, 6.07) is 9.60. The Kier molecular flexibility index (Phi) is 6.63. The molecule has 2 aromatic rings. The third kappa shape index (κ3) is 4.29. The van der Waals surface area contributed by atoms with Gasteiger partial charge in [0.15, 0.2) is 0 Å². The number of alkyl halides is 2. The Bertz CT molecular complexity index is 1330. The van der Waals surface area contributed by atoms with Gasteiger partial charge in [-0.3, -0.25) is 24.5 Å². The van der Waals surface area contributed by atoms with Crippen LogP contribution in [0, 0.1) is 0 Å². The quantitative estimate of drug-likeness (QED) is 0.340. The normalized spacial score (nSPS) is 23.8. The van der Waals surface area contributed by atoms with Crippen molar-refractivity contribution in [3.8, 4) is 0 Å². The molecule has 2 aliphatic rings. The van der Waals surface area contributed by atoms with E-state index in [0.29, 0.717) is 16.7 Å². The second-order valence-corrected chi connectivity index (χ2v) is 10.9. The van der Waals surface area contributed by atoms with Gasteiger partial charge in [0.05, 0.1) is 5.44 Å². The van der Waals surface area contributed by atoms with Gasteiger partial charge in [0.1, 0.15) is 39.2 Å². The number of piperidine rings is 1. The van der Waals surface area contributed by atoms with E-state index in [0.717, 1.165) is 12.1 Å². The van der Waals surface area contributed by atoms with Gasteiger partial charge < -0.3 is 10.2 Å². The van der Waals surface area contributed by atoms with Crippen molar-refractivity contribution in [3.63, 3.8) is 0 Å². The summed E-state index contributed by atoms with van der Waals surface area (Å²) in [4.78, 5) is 52.6. The Morgan fingerprint density at radius 3 is 2.35 bits per heavy atom. The summed E-state index contributed by atoms with van der Waals surface area (Å²) in [7, 11) is 8.45. The number of amides is 4. The maximum Gasteiger partial charge on any atom is 0.349 e. The van der Waals surface area contributed by atoms with E-state index >= 15 is 0 Å². The molecule has 7 nitrogen and oxygen atoms in total. The molecule has 2 N–H and O–H groups in total. The topological polar surface area (TPSA) is 95.6 Å². The number of imide groups is 1. The molecule has 2 aliphatic heterocycles. The van der Waals surface area contributed by atoms with Crippen molar-refractivity contribution < 1.29 is 28.0 Å². The number of halogens is 3. The van der Waals surface area contributed by atoms with E-state index in [1.165, 1.54) is 17.0 Å². The predicted octanol–water partition coefficient (Wildman–Crippen LogP) is -2.37. The lowest BCUT2D eigenvalue weighted by Crippen LogP contribution is -2.70. The third-order valence-electron chi connectivity index (χ3n) is 8.03. The summed E-state index contributed by atoms with van der Waals surface area (Å²) in [5.41, 5.74) is -0.260. The van der Waals surface area contributed by atoms with Crippen LogP contribution in [0.4, 0.5) is 8.78 Å². The fourth-order valence-electron chi connectivity index (χ4n) is 4.99.